The lowest BCUT2D eigenvalue weighted by atomic mass is 10.1. The van der Waals surface area contributed by atoms with Gasteiger partial charge >= 0.3 is 5.97 Å². The molecule has 1 rings (SSSR count). The van der Waals surface area contributed by atoms with Gasteiger partial charge in [-0.2, -0.15) is 0 Å². The number of hydrogen-bond donors (Lipinski definition) is 0. The molecule has 1 heterocycles. The van der Waals surface area contributed by atoms with Gasteiger partial charge in [-0.3, -0.25) is 14.5 Å². The number of hydrogen-bond acceptors (Lipinski definition) is 4. The summed E-state index contributed by atoms with van der Waals surface area (Å²) in [7, 11) is 3.11. The van der Waals surface area contributed by atoms with E-state index in [1.54, 1.807) is 7.05 Å². The van der Waals surface area contributed by atoms with E-state index >= 15 is 0 Å². The monoisotopic (exact) mass is 157 g/mol. The average Bonchev–Trinajstić information content (AvgIpc) is 2.28. The molecule has 1 unspecified atom stereocenters. The summed E-state index contributed by atoms with van der Waals surface area (Å²) in [4.78, 5) is 23.8. The number of carbonyl (C=O) groups is 2. The van der Waals surface area contributed by atoms with Crippen LogP contribution in [-0.2, 0) is 14.3 Å². The maximum atomic E-state index is 11.0. The number of ether oxygens (including phenoxy) is 1. The lowest BCUT2D eigenvalue weighted by Crippen LogP contribution is -2.23. The highest BCUT2D eigenvalue weighted by Crippen LogP contribution is 2.11. The molecule has 0 saturated carbocycles. The molecule has 0 bridgehead atoms. The van der Waals surface area contributed by atoms with Gasteiger partial charge in [0.1, 0.15) is 5.92 Å². The number of ketones is 1. The maximum absolute atomic E-state index is 11.0. The molecule has 0 radical (unpaired) electrons. The molecule has 1 aliphatic heterocycles. The standard InChI is InChI=1S/C7H11NO3/c1-8-3-5(6(9)4-8)7(10)11-2/h5H,3-4H2,1-2H3. The molecule has 0 aromatic carbocycles. The van der Waals surface area contributed by atoms with E-state index in [4.69, 9.17) is 0 Å². The summed E-state index contributed by atoms with van der Waals surface area (Å²) in [5, 5.41) is 0. The van der Waals surface area contributed by atoms with Crippen molar-refractivity contribution in [1.82, 2.24) is 4.90 Å². The zero-order chi connectivity index (χ0) is 8.43. The largest absolute Gasteiger partial charge is 0.468 e. The Morgan fingerprint density at radius 1 is 1.73 bits per heavy atom. The van der Waals surface area contributed by atoms with Crippen LogP contribution in [-0.4, -0.2) is 43.9 Å². The topological polar surface area (TPSA) is 46.6 Å². The van der Waals surface area contributed by atoms with Crippen molar-refractivity contribution in [3.63, 3.8) is 0 Å². The molecule has 4 heteroatoms. The van der Waals surface area contributed by atoms with Crippen LogP contribution in [0.4, 0.5) is 0 Å². The third kappa shape index (κ3) is 1.57. The molecule has 4 nitrogen and oxygen atoms in total. The van der Waals surface area contributed by atoms with E-state index in [1.807, 2.05) is 4.90 Å². The SMILES string of the molecule is COC(=O)C1CN(C)CC1=O. The summed E-state index contributed by atoms with van der Waals surface area (Å²) in [5.41, 5.74) is 0. The number of likely N-dealkylation sites (N-methyl/N-ethyl adjacent to an activating group) is 1. The van der Waals surface area contributed by atoms with Gasteiger partial charge in [-0.25, -0.2) is 0 Å². The molecule has 0 aliphatic carbocycles. The van der Waals surface area contributed by atoms with Crippen molar-refractivity contribution in [1.29, 1.82) is 0 Å². The normalized spacial score (nSPS) is 25.6. The van der Waals surface area contributed by atoms with Crippen molar-refractivity contribution in [2.24, 2.45) is 5.92 Å². The highest BCUT2D eigenvalue weighted by Gasteiger charge is 2.34. The minimum Gasteiger partial charge on any atom is -0.468 e. The maximum Gasteiger partial charge on any atom is 0.317 e. The number of nitrogens with zero attached hydrogens (tertiary/aromatic N) is 1. The van der Waals surface area contributed by atoms with E-state index < -0.39 is 11.9 Å². The van der Waals surface area contributed by atoms with Crippen molar-refractivity contribution < 1.29 is 14.3 Å². The number of carbonyl (C=O) groups excluding carboxylic acids is 2. The Bertz CT molecular complexity index is 182. The van der Waals surface area contributed by atoms with E-state index in [0.717, 1.165) is 0 Å². The Morgan fingerprint density at radius 2 is 2.36 bits per heavy atom. The second-order valence-electron chi connectivity index (χ2n) is 2.74. The first-order valence-electron chi connectivity index (χ1n) is 3.44. The molecule has 11 heavy (non-hydrogen) atoms. The summed E-state index contributed by atoms with van der Waals surface area (Å²) < 4.78 is 4.47. The van der Waals surface area contributed by atoms with Crippen LogP contribution in [0.1, 0.15) is 0 Å². The smallest absolute Gasteiger partial charge is 0.317 e. The molecule has 0 aromatic rings. The van der Waals surface area contributed by atoms with Gasteiger partial charge in [0.25, 0.3) is 0 Å². The lowest BCUT2D eigenvalue weighted by Gasteiger charge is -2.05. The summed E-state index contributed by atoms with van der Waals surface area (Å²) >= 11 is 0. The number of likely N-dealkylation sites (tertiary alicyclic amines) is 1. The van der Waals surface area contributed by atoms with Crippen LogP contribution in [0, 0.1) is 5.92 Å². The van der Waals surface area contributed by atoms with Crippen LogP contribution >= 0.6 is 0 Å². The van der Waals surface area contributed by atoms with Gasteiger partial charge in [0.2, 0.25) is 0 Å². The van der Waals surface area contributed by atoms with Crippen molar-refractivity contribution in [3.05, 3.63) is 0 Å². The Morgan fingerprint density at radius 3 is 2.73 bits per heavy atom. The van der Waals surface area contributed by atoms with Crippen LogP contribution in [0.2, 0.25) is 0 Å². The summed E-state index contributed by atoms with van der Waals surface area (Å²) in [6.07, 6.45) is 0. The molecular weight excluding hydrogens is 146 g/mol. The van der Waals surface area contributed by atoms with Crippen LogP contribution in [0.5, 0.6) is 0 Å². The van der Waals surface area contributed by atoms with Crippen LogP contribution in [0.3, 0.4) is 0 Å². The first-order chi connectivity index (χ1) is 5.15. The molecule has 1 saturated heterocycles. The zero-order valence-corrected chi connectivity index (χ0v) is 6.66. The Labute approximate surface area is 65.1 Å². The van der Waals surface area contributed by atoms with E-state index in [0.29, 0.717) is 13.1 Å². The quantitative estimate of drug-likeness (QED) is 0.372. The lowest BCUT2D eigenvalue weighted by molar-refractivity contribution is -0.147. The first-order valence-corrected chi connectivity index (χ1v) is 3.44. The van der Waals surface area contributed by atoms with E-state index in [-0.39, 0.29) is 5.78 Å². The van der Waals surface area contributed by atoms with Crippen molar-refractivity contribution in [2.45, 2.75) is 0 Å². The Hall–Kier alpha value is -0.900. The van der Waals surface area contributed by atoms with E-state index in [2.05, 4.69) is 4.74 Å². The predicted octanol–water partition coefficient (Wildman–Crippen LogP) is -0.710. The van der Waals surface area contributed by atoms with Gasteiger partial charge in [0.05, 0.1) is 13.7 Å². The number of methoxy groups -OCH3 is 1. The fraction of sp³-hybridized carbons (Fsp3) is 0.714. The average molecular weight is 157 g/mol. The minimum atomic E-state index is -0.551. The molecule has 1 fully saturated rings. The third-order valence-corrected chi connectivity index (χ3v) is 1.79. The second kappa shape index (κ2) is 3.00. The molecule has 0 N–H and O–H groups in total. The van der Waals surface area contributed by atoms with E-state index in [9.17, 15) is 9.59 Å². The fourth-order valence-corrected chi connectivity index (χ4v) is 1.20. The third-order valence-electron chi connectivity index (χ3n) is 1.79. The second-order valence-corrected chi connectivity index (χ2v) is 2.74. The summed E-state index contributed by atoms with van der Waals surface area (Å²) in [6, 6.07) is 0. The Balaban J connectivity index is 2.60. The van der Waals surface area contributed by atoms with Gasteiger partial charge in [-0.05, 0) is 7.05 Å². The zero-order valence-electron chi connectivity index (χ0n) is 6.66. The van der Waals surface area contributed by atoms with Crippen LogP contribution in [0.25, 0.3) is 0 Å². The van der Waals surface area contributed by atoms with Crippen LogP contribution in [0.15, 0.2) is 0 Å². The number of esters is 1. The van der Waals surface area contributed by atoms with Gasteiger partial charge in [0, 0.05) is 6.54 Å². The highest BCUT2D eigenvalue weighted by molar-refractivity contribution is 6.01. The van der Waals surface area contributed by atoms with E-state index in [1.165, 1.54) is 7.11 Å². The minimum absolute atomic E-state index is 0.0423. The molecule has 1 aliphatic rings. The highest BCUT2D eigenvalue weighted by atomic mass is 16.5. The van der Waals surface area contributed by atoms with Crippen molar-refractivity contribution >= 4 is 11.8 Å². The fourth-order valence-electron chi connectivity index (χ4n) is 1.20. The summed E-state index contributed by atoms with van der Waals surface area (Å²) in [6.45, 7) is 0.852. The molecular formula is C7H11NO3. The number of rotatable bonds is 1. The van der Waals surface area contributed by atoms with Crippen molar-refractivity contribution in [3.8, 4) is 0 Å². The first kappa shape index (κ1) is 8.20. The molecule has 0 aromatic heterocycles. The molecule has 0 amide bonds. The molecule has 62 valence electrons. The van der Waals surface area contributed by atoms with Gasteiger partial charge in [0.15, 0.2) is 5.78 Å². The van der Waals surface area contributed by atoms with Gasteiger partial charge < -0.3 is 4.74 Å². The summed E-state index contributed by atoms with van der Waals surface area (Å²) in [5.74, 6) is -1.01. The van der Waals surface area contributed by atoms with Crippen LogP contribution < -0.4 is 0 Å². The number of Topliss-reactive ketones (excluding diaryl/α,β-unsaturated/α-hetero) is 1. The predicted molar refractivity (Wildman–Crippen MR) is 38.0 cm³/mol. The molecule has 1 atom stereocenters. The Kier molecular flexibility index (Phi) is 2.24. The van der Waals surface area contributed by atoms with Gasteiger partial charge in [-0.15, -0.1) is 0 Å². The van der Waals surface area contributed by atoms with Gasteiger partial charge in [-0.1, -0.05) is 0 Å². The molecule has 0 spiro atoms. The van der Waals surface area contributed by atoms with Crippen molar-refractivity contribution in [2.75, 3.05) is 27.2 Å².